The first kappa shape index (κ1) is 29.8. The Bertz CT molecular complexity index is 2170. The lowest BCUT2D eigenvalue weighted by molar-refractivity contribution is -0.129. The fourth-order valence-electron chi connectivity index (χ4n) is 6.01. The summed E-state index contributed by atoms with van der Waals surface area (Å²) in [6, 6.07) is 11.0. The number of nitrogens with zero attached hydrogens (tertiary/aromatic N) is 5. The Kier molecular flexibility index (Phi) is 7.41. The molecule has 0 bridgehead atoms. The van der Waals surface area contributed by atoms with E-state index < -0.39 is 17.7 Å². The Morgan fingerprint density at radius 3 is 2.78 bits per heavy atom. The molecule has 0 fully saturated rings. The van der Waals surface area contributed by atoms with Crippen LogP contribution in [0.2, 0.25) is 0 Å². The summed E-state index contributed by atoms with van der Waals surface area (Å²) in [5.74, 6) is -1.37. The van der Waals surface area contributed by atoms with Gasteiger partial charge in [0, 0.05) is 46.8 Å². The Balaban J connectivity index is 1.51. The van der Waals surface area contributed by atoms with Crippen LogP contribution in [0.15, 0.2) is 64.9 Å². The molecule has 5 heterocycles. The van der Waals surface area contributed by atoms with Crippen LogP contribution < -0.4 is 4.74 Å². The number of benzene rings is 2. The second-order valence-electron chi connectivity index (χ2n) is 11.3. The molecule has 2 atom stereocenters. The molecule has 0 spiro atoms. The van der Waals surface area contributed by atoms with E-state index in [1.54, 1.807) is 11.8 Å². The predicted octanol–water partition coefficient (Wildman–Crippen LogP) is 7.07. The van der Waals surface area contributed by atoms with Gasteiger partial charge in [0.1, 0.15) is 40.9 Å². The Morgan fingerprint density at radius 1 is 1.17 bits per heavy atom. The van der Waals surface area contributed by atoms with E-state index in [4.69, 9.17) is 19.2 Å². The van der Waals surface area contributed by atoms with Gasteiger partial charge in [-0.3, -0.25) is 9.48 Å². The average Bonchev–Trinajstić information content (AvgIpc) is 3.77. The standard InChI is InChI=1S/C34H29F2N5O4S/c1-5-29(43)40-9-10-41-26(18(40)3)15-25(39-41)33-31(30-23(36)13-21(35)14-28(30)44-16-17(2)42)34-22(8-11-46-34)32(38-33)20-6-7-27-24(12-20)37-19(4)45-27/h5-8,11-15,17-18,42H,1,9-10,16H2,2-4H3/t17-,18+/m1/s1. The van der Waals surface area contributed by atoms with Crippen molar-refractivity contribution in [1.29, 1.82) is 0 Å². The number of carbonyl (C=O) groups is 1. The number of aryl methyl sites for hydroxylation is 1. The van der Waals surface area contributed by atoms with Gasteiger partial charge in [0.05, 0.1) is 35.6 Å². The first-order valence-corrected chi connectivity index (χ1v) is 15.6. The van der Waals surface area contributed by atoms with Gasteiger partial charge in [-0.15, -0.1) is 11.3 Å². The van der Waals surface area contributed by atoms with Crippen molar-refractivity contribution in [3.05, 3.63) is 83.7 Å². The number of rotatable bonds is 7. The molecule has 0 unspecified atom stereocenters. The van der Waals surface area contributed by atoms with Crippen LogP contribution in [0.3, 0.4) is 0 Å². The normalized spacial score (nSPS) is 15.3. The fourth-order valence-corrected chi connectivity index (χ4v) is 6.95. The minimum Gasteiger partial charge on any atom is -0.490 e. The first-order valence-electron chi connectivity index (χ1n) is 14.7. The first-order chi connectivity index (χ1) is 22.1. The highest BCUT2D eigenvalue weighted by atomic mass is 32.1. The third kappa shape index (κ3) is 5.03. The number of aromatic nitrogens is 4. The molecule has 1 N–H and O–H groups in total. The third-order valence-electron chi connectivity index (χ3n) is 8.08. The lowest BCUT2D eigenvalue weighted by Crippen LogP contribution is -2.40. The molecular weight excluding hydrogens is 612 g/mol. The van der Waals surface area contributed by atoms with Gasteiger partial charge < -0.3 is 19.2 Å². The van der Waals surface area contributed by atoms with Crippen molar-refractivity contribution in [3.63, 3.8) is 0 Å². The van der Waals surface area contributed by atoms with Crippen molar-refractivity contribution in [2.24, 2.45) is 0 Å². The van der Waals surface area contributed by atoms with Crippen LogP contribution in [0.25, 0.3) is 55.0 Å². The Labute approximate surface area is 266 Å². The zero-order chi connectivity index (χ0) is 32.3. The summed E-state index contributed by atoms with van der Waals surface area (Å²) in [7, 11) is 0. The van der Waals surface area contributed by atoms with Gasteiger partial charge in [0.2, 0.25) is 5.91 Å². The van der Waals surface area contributed by atoms with E-state index in [9.17, 15) is 14.3 Å². The minimum absolute atomic E-state index is 0.00797. The third-order valence-corrected chi connectivity index (χ3v) is 9.02. The maximum Gasteiger partial charge on any atom is 0.246 e. The van der Waals surface area contributed by atoms with E-state index in [2.05, 4.69) is 11.6 Å². The van der Waals surface area contributed by atoms with Crippen LogP contribution in [0.4, 0.5) is 8.78 Å². The minimum atomic E-state index is -0.876. The summed E-state index contributed by atoms with van der Waals surface area (Å²) in [5, 5.41) is 17.5. The van der Waals surface area contributed by atoms with Crippen molar-refractivity contribution in [2.45, 2.75) is 39.5 Å². The summed E-state index contributed by atoms with van der Waals surface area (Å²) < 4.78 is 44.6. The molecule has 1 amide bonds. The molecule has 0 radical (unpaired) electrons. The van der Waals surface area contributed by atoms with Gasteiger partial charge in [-0.1, -0.05) is 6.58 Å². The fraction of sp³-hybridized carbons (Fsp3) is 0.235. The molecule has 9 nitrogen and oxygen atoms in total. The zero-order valence-electron chi connectivity index (χ0n) is 25.3. The van der Waals surface area contributed by atoms with Crippen LogP contribution in [-0.2, 0) is 11.3 Å². The van der Waals surface area contributed by atoms with Gasteiger partial charge in [-0.2, -0.15) is 5.10 Å². The topological polar surface area (TPSA) is 107 Å². The predicted molar refractivity (Wildman–Crippen MR) is 171 cm³/mol. The molecule has 12 heteroatoms. The number of thiophene rings is 1. The molecular formula is C34H29F2N5O4S. The lowest BCUT2D eigenvalue weighted by Gasteiger charge is -2.33. The molecule has 1 aliphatic heterocycles. The van der Waals surface area contributed by atoms with E-state index >= 15 is 4.39 Å². The number of hydrogen-bond donors (Lipinski definition) is 1. The highest BCUT2D eigenvalue weighted by Crippen LogP contribution is 2.47. The van der Waals surface area contributed by atoms with E-state index in [0.29, 0.717) is 57.4 Å². The number of oxazole rings is 1. The largest absolute Gasteiger partial charge is 0.490 e. The molecule has 2 aromatic carbocycles. The smallest absolute Gasteiger partial charge is 0.246 e. The average molecular weight is 642 g/mol. The number of ether oxygens (including phenoxy) is 1. The van der Waals surface area contributed by atoms with Crippen molar-refractivity contribution in [2.75, 3.05) is 13.2 Å². The number of halogens is 2. The quantitative estimate of drug-likeness (QED) is 0.186. The number of aliphatic hydroxyl groups is 1. The van der Waals surface area contributed by atoms with E-state index in [1.807, 2.05) is 47.3 Å². The SMILES string of the molecule is C=CC(=O)N1CCn2nc(-c3nc(-c4ccc5oc(C)nc5c4)c4ccsc4c3-c3c(F)cc(F)cc3OC[C@@H](C)O)cc2[C@@H]1C. The van der Waals surface area contributed by atoms with Crippen LogP contribution in [0.5, 0.6) is 5.75 Å². The second kappa shape index (κ2) is 11.5. The van der Waals surface area contributed by atoms with Crippen molar-refractivity contribution < 1.29 is 27.8 Å². The number of carbonyl (C=O) groups excluding carboxylic acids is 1. The van der Waals surface area contributed by atoms with E-state index in [1.165, 1.54) is 24.3 Å². The molecule has 0 saturated carbocycles. The zero-order valence-corrected chi connectivity index (χ0v) is 26.1. The summed E-state index contributed by atoms with van der Waals surface area (Å²) in [5.41, 5.74) is 4.66. The van der Waals surface area contributed by atoms with Gasteiger partial charge >= 0.3 is 0 Å². The lowest BCUT2D eigenvalue weighted by atomic mass is 9.96. The highest BCUT2D eigenvalue weighted by molar-refractivity contribution is 7.18. The molecule has 1 aliphatic rings. The second-order valence-corrected chi connectivity index (χ2v) is 12.2. The van der Waals surface area contributed by atoms with Crippen LogP contribution in [0.1, 0.15) is 31.5 Å². The van der Waals surface area contributed by atoms with Crippen molar-refractivity contribution >= 4 is 38.4 Å². The monoisotopic (exact) mass is 641 g/mol. The summed E-state index contributed by atoms with van der Waals surface area (Å²) in [6.45, 7) is 9.56. The molecule has 7 rings (SSSR count). The molecule has 6 aromatic rings. The number of pyridine rings is 1. The molecule has 234 valence electrons. The van der Waals surface area contributed by atoms with E-state index in [0.717, 1.165) is 28.8 Å². The van der Waals surface area contributed by atoms with Crippen LogP contribution in [0, 0.1) is 18.6 Å². The van der Waals surface area contributed by atoms with E-state index in [-0.39, 0.29) is 29.9 Å². The maximum atomic E-state index is 16.0. The van der Waals surface area contributed by atoms with Gasteiger partial charge in [-0.25, -0.2) is 18.7 Å². The summed E-state index contributed by atoms with van der Waals surface area (Å²) in [6.07, 6.45) is 0.415. The molecule has 0 saturated heterocycles. The Morgan fingerprint density at radius 2 is 2.00 bits per heavy atom. The number of hydrogen-bond acceptors (Lipinski definition) is 8. The van der Waals surface area contributed by atoms with Gasteiger partial charge in [0.25, 0.3) is 0 Å². The molecule has 46 heavy (non-hydrogen) atoms. The summed E-state index contributed by atoms with van der Waals surface area (Å²) >= 11 is 1.38. The highest BCUT2D eigenvalue weighted by Gasteiger charge is 2.31. The van der Waals surface area contributed by atoms with Crippen LogP contribution in [-0.4, -0.2) is 54.9 Å². The number of amides is 1. The number of aliphatic hydroxyl groups excluding tert-OH is 1. The van der Waals surface area contributed by atoms with Crippen molar-refractivity contribution in [1.82, 2.24) is 24.6 Å². The number of fused-ring (bicyclic) bond motifs is 3. The van der Waals surface area contributed by atoms with Crippen molar-refractivity contribution in [3.8, 4) is 39.5 Å². The van der Waals surface area contributed by atoms with Gasteiger partial charge in [-0.05, 0) is 55.6 Å². The van der Waals surface area contributed by atoms with Crippen LogP contribution >= 0.6 is 11.3 Å². The maximum absolute atomic E-state index is 16.0. The summed E-state index contributed by atoms with van der Waals surface area (Å²) in [4.78, 5) is 23.9. The molecule has 4 aromatic heterocycles. The van der Waals surface area contributed by atoms with Gasteiger partial charge in [0.15, 0.2) is 11.5 Å². The Hall–Kier alpha value is -4.94. The molecule has 0 aliphatic carbocycles.